The fraction of sp³-hybridized carbons (Fsp3) is 0.562. The number of rotatable bonds is 5. The minimum atomic E-state index is 0.299. The zero-order chi connectivity index (χ0) is 15.2. The molecule has 0 bridgehead atoms. The van der Waals surface area contributed by atoms with E-state index >= 15 is 0 Å². The lowest BCUT2D eigenvalue weighted by molar-refractivity contribution is 0.173. The first-order valence-electron chi connectivity index (χ1n) is 7.88. The van der Waals surface area contributed by atoms with Crippen LogP contribution in [0.3, 0.4) is 0 Å². The summed E-state index contributed by atoms with van der Waals surface area (Å²) in [6.45, 7) is 4.80. The number of nitrogens with one attached hydrogen (secondary N) is 2. The maximum Gasteiger partial charge on any atom is 0.231 e. The Bertz CT molecular complexity index is 530. The quantitative estimate of drug-likeness (QED) is 0.644. The molecule has 0 amide bonds. The van der Waals surface area contributed by atoms with Gasteiger partial charge >= 0.3 is 0 Å². The molecule has 1 aromatic carbocycles. The zero-order valence-electron chi connectivity index (χ0n) is 12.9. The Kier molecular flexibility index (Phi) is 5.32. The normalized spacial score (nSPS) is 20.2. The molecule has 6 heteroatoms. The molecular weight excluding hydrogens is 298 g/mol. The van der Waals surface area contributed by atoms with Crippen molar-refractivity contribution in [2.45, 2.75) is 31.6 Å². The van der Waals surface area contributed by atoms with Crippen LogP contribution >= 0.6 is 11.8 Å². The molecule has 3 rings (SSSR count). The van der Waals surface area contributed by atoms with Crippen LogP contribution in [0.1, 0.15) is 25.3 Å². The van der Waals surface area contributed by atoms with Crippen molar-refractivity contribution in [3.63, 3.8) is 0 Å². The Labute approximate surface area is 135 Å². The highest BCUT2D eigenvalue weighted by molar-refractivity contribution is 8.00. The zero-order valence-corrected chi connectivity index (χ0v) is 13.7. The molecule has 2 N–H and O–H groups in total. The number of thioether (sulfide) groups is 1. The van der Waals surface area contributed by atoms with Crippen LogP contribution in [0.25, 0.3) is 0 Å². The van der Waals surface area contributed by atoms with Crippen molar-refractivity contribution in [1.29, 1.82) is 0 Å². The third kappa shape index (κ3) is 3.80. The van der Waals surface area contributed by atoms with Gasteiger partial charge in [-0.2, -0.15) is 11.8 Å². The summed E-state index contributed by atoms with van der Waals surface area (Å²) >= 11 is 2.05. The van der Waals surface area contributed by atoms with Crippen molar-refractivity contribution in [2.24, 2.45) is 4.99 Å². The molecule has 0 radical (unpaired) electrons. The molecule has 22 heavy (non-hydrogen) atoms. The van der Waals surface area contributed by atoms with Crippen molar-refractivity contribution < 1.29 is 9.47 Å². The number of nitrogens with zero attached hydrogens (tertiary/aromatic N) is 1. The molecule has 2 heterocycles. The van der Waals surface area contributed by atoms with Gasteiger partial charge in [-0.1, -0.05) is 12.1 Å². The van der Waals surface area contributed by atoms with Crippen LogP contribution in [-0.4, -0.2) is 36.8 Å². The van der Waals surface area contributed by atoms with Gasteiger partial charge in [-0.3, -0.25) is 0 Å². The Morgan fingerprint density at radius 1 is 1.36 bits per heavy atom. The summed E-state index contributed by atoms with van der Waals surface area (Å²) in [6, 6.07) is 5.94. The van der Waals surface area contributed by atoms with Crippen molar-refractivity contribution in [2.75, 3.05) is 25.6 Å². The van der Waals surface area contributed by atoms with Crippen LogP contribution in [0.5, 0.6) is 11.5 Å². The molecule has 120 valence electrons. The average Bonchev–Trinajstić information content (AvgIpc) is 3.20. The predicted octanol–water partition coefficient (Wildman–Crippen LogP) is 2.37. The van der Waals surface area contributed by atoms with E-state index in [1.54, 1.807) is 0 Å². The smallest absolute Gasteiger partial charge is 0.231 e. The summed E-state index contributed by atoms with van der Waals surface area (Å²) in [4.78, 5) is 4.67. The van der Waals surface area contributed by atoms with Crippen LogP contribution in [0.2, 0.25) is 0 Å². The molecule has 2 aliphatic heterocycles. The highest BCUT2D eigenvalue weighted by Crippen LogP contribution is 2.35. The number of ether oxygens (including phenoxy) is 2. The summed E-state index contributed by atoms with van der Waals surface area (Å²) in [5.41, 5.74) is 1.06. The maximum absolute atomic E-state index is 5.53. The first-order valence-corrected chi connectivity index (χ1v) is 8.93. The highest BCUT2D eigenvalue weighted by atomic mass is 32.2. The molecule has 0 saturated carbocycles. The van der Waals surface area contributed by atoms with Gasteiger partial charge < -0.3 is 20.1 Å². The van der Waals surface area contributed by atoms with Crippen molar-refractivity contribution in [1.82, 2.24) is 10.6 Å². The number of fused-ring (bicyclic) bond motifs is 1. The lowest BCUT2D eigenvalue weighted by atomic mass is 10.2. The SMILES string of the molecule is CCNC(=NCc1cccc2c1OCO2)NCC1CCCS1. The number of para-hydroxylation sites is 1. The number of aliphatic imine (C=N–C) groups is 1. The molecule has 0 aliphatic carbocycles. The van der Waals surface area contributed by atoms with Crippen LogP contribution < -0.4 is 20.1 Å². The van der Waals surface area contributed by atoms with Gasteiger partial charge in [-0.25, -0.2) is 4.99 Å². The third-order valence-electron chi connectivity index (χ3n) is 3.75. The summed E-state index contributed by atoms with van der Waals surface area (Å²) in [5.74, 6) is 3.79. The third-order valence-corrected chi connectivity index (χ3v) is 5.15. The topological polar surface area (TPSA) is 54.9 Å². The van der Waals surface area contributed by atoms with Crippen LogP contribution in [0, 0.1) is 0 Å². The van der Waals surface area contributed by atoms with Gasteiger partial charge in [0.25, 0.3) is 0 Å². The number of hydrogen-bond acceptors (Lipinski definition) is 4. The van der Waals surface area contributed by atoms with Gasteiger partial charge in [-0.15, -0.1) is 0 Å². The fourth-order valence-corrected chi connectivity index (χ4v) is 3.84. The molecule has 1 fully saturated rings. The summed E-state index contributed by atoms with van der Waals surface area (Å²) in [5, 5.41) is 7.46. The van der Waals surface area contributed by atoms with E-state index in [1.165, 1.54) is 18.6 Å². The second-order valence-corrected chi connectivity index (χ2v) is 6.77. The van der Waals surface area contributed by atoms with Gasteiger partial charge in [-0.05, 0) is 31.6 Å². The van der Waals surface area contributed by atoms with Gasteiger partial charge in [0.1, 0.15) is 0 Å². The second-order valence-electron chi connectivity index (χ2n) is 5.36. The summed E-state index contributed by atoms with van der Waals surface area (Å²) in [7, 11) is 0. The van der Waals surface area contributed by atoms with Crippen LogP contribution in [0.15, 0.2) is 23.2 Å². The largest absolute Gasteiger partial charge is 0.454 e. The van der Waals surface area contributed by atoms with Crippen molar-refractivity contribution in [3.05, 3.63) is 23.8 Å². The Balaban J connectivity index is 1.61. The molecular formula is C16H23N3O2S. The fourth-order valence-electron chi connectivity index (χ4n) is 2.64. The first kappa shape index (κ1) is 15.3. The van der Waals surface area contributed by atoms with E-state index in [1.807, 2.05) is 18.2 Å². The van der Waals surface area contributed by atoms with Crippen molar-refractivity contribution in [3.8, 4) is 11.5 Å². The van der Waals surface area contributed by atoms with Gasteiger partial charge in [0, 0.05) is 23.9 Å². The molecule has 1 aromatic rings. The Morgan fingerprint density at radius 3 is 3.14 bits per heavy atom. The van der Waals surface area contributed by atoms with Gasteiger partial charge in [0.05, 0.1) is 6.54 Å². The monoisotopic (exact) mass is 321 g/mol. The lowest BCUT2D eigenvalue weighted by Crippen LogP contribution is -2.40. The number of benzene rings is 1. The van der Waals surface area contributed by atoms with Crippen LogP contribution in [0.4, 0.5) is 0 Å². The second kappa shape index (κ2) is 7.63. The molecule has 1 saturated heterocycles. The van der Waals surface area contributed by atoms with E-state index < -0.39 is 0 Å². The Hall–Kier alpha value is -1.56. The standard InChI is InChI=1S/C16H23N3O2S/c1-2-17-16(19-10-13-6-4-8-22-13)18-9-12-5-3-7-14-15(12)21-11-20-14/h3,5,7,13H,2,4,6,8-11H2,1H3,(H2,17,18,19). The summed E-state index contributed by atoms with van der Waals surface area (Å²) in [6.07, 6.45) is 2.63. The molecule has 2 aliphatic rings. The molecule has 1 atom stereocenters. The lowest BCUT2D eigenvalue weighted by Gasteiger charge is -2.14. The van der Waals surface area contributed by atoms with Crippen LogP contribution in [-0.2, 0) is 6.54 Å². The predicted molar refractivity (Wildman–Crippen MR) is 90.9 cm³/mol. The molecule has 0 spiro atoms. The minimum absolute atomic E-state index is 0.299. The minimum Gasteiger partial charge on any atom is -0.454 e. The van der Waals surface area contributed by atoms with E-state index in [-0.39, 0.29) is 0 Å². The van der Waals surface area contributed by atoms with E-state index in [0.717, 1.165) is 36.1 Å². The van der Waals surface area contributed by atoms with Crippen molar-refractivity contribution >= 4 is 17.7 Å². The first-order chi connectivity index (χ1) is 10.9. The molecule has 5 nitrogen and oxygen atoms in total. The van der Waals surface area contributed by atoms with Gasteiger partial charge in [0.15, 0.2) is 17.5 Å². The number of hydrogen-bond donors (Lipinski definition) is 2. The molecule has 0 aromatic heterocycles. The van der Waals surface area contributed by atoms with Gasteiger partial charge in [0.2, 0.25) is 6.79 Å². The molecule has 1 unspecified atom stereocenters. The Morgan fingerprint density at radius 2 is 2.32 bits per heavy atom. The number of guanidine groups is 1. The van der Waals surface area contributed by atoms with E-state index in [4.69, 9.17) is 9.47 Å². The summed E-state index contributed by atoms with van der Waals surface area (Å²) < 4.78 is 10.9. The highest BCUT2D eigenvalue weighted by Gasteiger charge is 2.17. The average molecular weight is 321 g/mol. The maximum atomic E-state index is 5.53. The van der Waals surface area contributed by atoms with E-state index in [9.17, 15) is 0 Å². The van der Waals surface area contributed by atoms with E-state index in [0.29, 0.717) is 18.6 Å². The van der Waals surface area contributed by atoms with E-state index in [2.05, 4.69) is 34.3 Å².